The van der Waals surface area contributed by atoms with Gasteiger partial charge in [0.25, 0.3) is 5.91 Å². The minimum Gasteiger partial charge on any atom is -0.465 e. The molecule has 1 aromatic carbocycles. The second kappa shape index (κ2) is 9.13. The van der Waals surface area contributed by atoms with E-state index in [9.17, 15) is 23.6 Å². The molecule has 1 atom stereocenters. The maximum atomic E-state index is 12.9. The van der Waals surface area contributed by atoms with Crippen LogP contribution in [0, 0.1) is 19.7 Å². The Bertz CT molecular complexity index is 949. The van der Waals surface area contributed by atoms with Crippen LogP contribution in [0.1, 0.15) is 49.4 Å². The third-order valence-corrected chi connectivity index (χ3v) is 4.25. The van der Waals surface area contributed by atoms with Gasteiger partial charge in [-0.2, -0.15) is 0 Å². The van der Waals surface area contributed by atoms with Gasteiger partial charge in [0.1, 0.15) is 12.4 Å². The quantitative estimate of drug-likeness (QED) is 0.540. The maximum Gasteiger partial charge on any atom is 0.339 e. The number of ether oxygens (including phenoxy) is 2. The van der Waals surface area contributed by atoms with Crippen molar-refractivity contribution >= 4 is 23.6 Å². The number of ketones is 1. The van der Waals surface area contributed by atoms with Gasteiger partial charge in [0.15, 0.2) is 6.10 Å². The Balaban J connectivity index is 1.97. The molecule has 8 nitrogen and oxygen atoms in total. The lowest BCUT2D eigenvalue weighted by Gasteiger charge is -2.13. The van der Waals surface area contributed by atoms with Gasteiger partial charge >= 0.3 is 11.9 Å². The summed E-state index contributed by atoms with van der Waals surface area (Å²) in [6.07, 6.45) is -1.15. The standard InChI is InChI=1S/C20H21FN2O6/c1-10-16(20(27)28-4)11(2)23-17(10)18(25)12(3)29-15(24)9-22-19(26)13-5-7-14(21)8-6-13/h5-8,12,23H,9H2,1-4H3,(H,22,26)/t12-/m0/s1. The van der Waals surface area contributed by atoms with Crippen LogP contribution in [-0.2, 0) is 14.3 Å². The van der Waals surface area contributed by atoms with Crippen LogP contribution >= 0.6 is 0 Å². The van der Waals surface area contributed by atoms with Crippen LogP contribution in [0.5, 0.6) is 0 Å². The number of rotatable bonds is 7. The van der Waals surface area contributed by atoms with Crippen molar-refractivity contribution in [2.24, 2.45) is 0 Å². The minimum atomic E-state index is -1.15. The van der Waals surface area contributed by atoms with Crippen molar-refractivity contribution in [2.45, 2.75) is 26.9 Å². The van der Waals surface area contributed by atoms with Gasteiger partial charge in [0, 0.05) is 11.3 Å². The summed E-state index contributed by atoms with van der Waals surface area (Å²) in [7, 11) is 1.24. The van der Waals surface area contributed by atoms with Crippen LogP contribution in [0.4, 0.5) is 4.39 Å². The molecule has 0 unspecified atom stereocenters. The summed E-state index contributed by atoms with van der Waals surface area (Å²) in [5.74, 6) is -3.00. The summed E-state index contributed by atoms with van der Waals surface area (Å²) < 4.78 is 22.6. The number of nitrogens with one attached hydrogen (secondary N) is 2. The highest BCUT2D eigenvalue weighted by Crippen LogP contribution is 2.20. The Kier molecular flexibility index (Phi) is 6.87. The van der Waals surface area contributed by atoms with Crippen molar-refractivity contribution < 1.29 is 33.0 Å². The molecule has 0 radical (unpaired) electrons. The summed E-state index contributed by atoms with van der Waals surface area (Å²) in [5.41, 5.74) is 1.42. The summed E-state index contributed by atoms with van der Waals surface area (Å²) in [6, 6.07) is 4.79. The molecule has 1 aromatic heterocycles. The smallest absolute Gasteiger partial charge is 0.339 e. The summed E-state index contributed by atoms with van der Waals surface area (Å²) in [4.78, 5) is 51.1. The molecule has 0 aliphatic heterocycles. The number of amides is 1. The zero-order valence-electron chi connectivity index (χ0n) is 16.4. The van der Waals surface area contributed by atoms with E-state index < -0.39 is 42.1 Å². The predicted octanol–water partition coefficient (Wildman–Crippen LogP) is 2.10. The largest absolute Gasteiger partial charge is 0.465 e. The molecule has 0 saturated heterocycles. The fraction of sp³-hybridized carbons (Fsp3) is 0.300. The molecule has 1 amide bonds. The Morgan fingerprint density at radius 3 is 2.34 bits per heavy atom. The van der Waals surface area contributed by atoms with Crippen molar-refractivity contribution in [2.75, 3.05) is 13.7 Å². The number of halogens is 1. The van der Waals surface area contributed by atoms with E-state index >= 15 is 0 Å². The lowest BCUT2D eigenvalue weighted by Crippen LogP contribution is -2.34. The van der Waals surface area contributed by atoms with Crippen LogP contribution in [0.15, 0.2) is 24.3 Å². The van der Waals surface area contributed by atoms with E-state index in [0.717, 1.165) is 12.1 Å². The van der Waals surface area contributed by atoms with Gasteiger partial charge in [-0.3, -0.25) is 14.4 Å². The first kappa shape index (κ1) is 21.8. The van der Waals surface area contributed by atoms with Crippen LogP contribution in [0.2, 0.25) is 0 Å². The fourth-order valence-electron chi connectivity index (χ4n) is 2.76. The number of methoxy groups -OCH3 is 1. The first-order chi connectivity index (χ1) is 13.6. The van der Waals surface area contributed by atoms with Crippen LogP contribution < -0.4 is 5.32 Å². The number of H-pyrrole nitrogens is 1. The predicted molar refractivity (Wildman–Crippen MR) is 100 cm³/mol. The fourth-order valence-corrected chi connectivity index (χ4v) is 2.76. The lowest BCUT2D eigenvalue weighted by atomic mass is 10.1. The van der Waals surface area contributed by atoms with Gasteiger partial charge < -0.3 is 19.8 Å². The Hall–Kier alpha value is -3.49. The molecule has 0 fully saturated rings. The zero-order valence-corrected chi connectivity index (χ0v) is 16.4. The van der Waals surface area contributed by atoms with Crippen molar-refractivity contribution in [1.82, 2.24) is 10.3 Å². The third-order valence-electron chi connectivity index (χ3n) is 4.25. The molecule has 2 N–H and O–H groups in total. The highest BCUT2D eigenvalue weighted by molar-refractivity contribution is 6.04. The molecule has 0 aliphatic rings. The van der Waals surface area contributed by atoms with Gasteiger partial charge in [-0.1, -0.05) is 0 Å². The molecule has 0 spiro atoms. The van der Waals surface area contributed by atoms with Crippen LogP contribution in [0.3, 0.4) is 0 Å². The molecular formula is C20H21FN2O6. The van der Waals surface area contributed by atoms with Gasteiger partial charge in [0.2, 0.25) is 5.78 Å². The molecule has 154 valence electrons. The monoisotopic (exact) mass is 404 g/mol. The molecular weight excluding hydrogens is 383 g/mol. The van der Waals surface area contributed by atoms with E-state index in [4.69, 9.17) is 9.47 Å². The van der Waals surface area contributed by atoms with E-state index in [0.29, 0.717) is 11.3 Å². The van der Waals surface area contributed by atoms with Crippen LogP contribution in [-0.4, -0.2) is 48.4 Å². The van der Waals surface area contributed by atoms with E-state index in [1.54, 1.807) is 13.8 Å². The second-order valence-electron chi connectivity index (χ2n) is 6.30. The number of hydrogen-bond donors (Lipinski definition) is 2. The number of carbonyl (C=O) groups excluding carboxylic acids is 4. The first-order valence-corrected chi connectivity index (χ1v) is 8.70. The third kappa shape index (κ3) is 5.07. The SMILES string of the molecule is COC(=O)c1c(C)[nH]c(C(=O)[C@H](C)OC(=O)CNC(=O)c2ccc(F)cc2)c1C. The number of esters is 2. The van der Waals surface area contributed by atoms with Gasteiger partial charge in [-0.15, -0.1) is 0 Å². The maximum absolute atomic E-state index is 12.9. The number of Topliss-reactive ketones (excluding diaryl/α,β-unsaturated/α-hetero) is 1. The number of benzene rings is 1. The molecule has 1 heterocycles. The summed E-state index contributed by atoms with van der Waals surface area (Å²) in [5, 5.41) is 2.33. The Morgan fingerprint density at radius 2 is 1.76 bits per heavy atom. The minimum absolute atomic E-state index is 0.138. The van der Waals surface area contributed by atoms with E-state index in [2.05, 4.69) is 10.3 Å². The van der Waals surface area contributed by atoms with Gasteiger partial charge in [-0.25, -0.2) is 9.18 Å². The highest BCUT2D eigenvalue weighted by atomic mass is 19.1. The molecule has 2 rings (SSSR count). The van der Waals surface area contributed by atoms with Crippen LogP contribution in [0.25, 0.3) is 0 Å². The molecule has 0 aliphatic carbocycles. The number of aromatic amines is 1. The number of hydrogen-bond acceptors (Lipinski definition) is 6. The number of aromatic nitrogens is 1. The van der Waals surface area contributed by atoms with Gasteiger partial charge in [-0.05, 0) is 50.6 Å². The van der Waals surface area contributed by atoms with Crippen molar-refractivity contribution in [3.8, 4) is 0 Å². The zero-order chi connectivity index (χ0) is 21.7. The highest BCUT2D eigenvalue weighted by Gasteiger charge is 2.27. The Labute approximate surface area is 166 Å². The average molecular weight is 404 g/mol. The average Bonchev–Trinajstić information content (AvgIpc) is 2.99. The van der Waals surface area contributed by atoms with Gasteiger partial charge in [0.05, 0.1) is 18.4 Å². The van der Waals surface area contributed by atoms with E-state index in [1.165, 1.54) is 26.2 Å². The number of aryl methyl sites for hydroxylation is 1. The Morgan fingerprint density at radius 1 is 1.14 bits per heavy atom. The number of carbonyl (C=O) groups is 4. The molecule has 0 saturated carbocycles. The first-order valence-electron chi connectivity index (χ1n) is 8.70. The van der Waals surface area contributed by atoms with Crippen molar-refractivity contribution in [3.63, 3.8) is 0 Å². The van der Waals surface area contributed by atoms with Crippen molar-refractivity contribution in [1.29, 1.82) is 0 Å². The summed E-state index contributed by atoms with van der Waals surface area (Å²) in [6.45, 7) is 4.12. The second-order valence-corrected chi connectivity index (χ2v) is 6.30. The molecule has 29 heavy (non-hydrogen) atoms. The normalized spacial score (nSPS) is 11.5. The summed E-state index contributed by atoms with van der Waals surface area (Å²) >= 11 is 0. The van der Waals surface area contributed by atoms with E-state index in [1.807, 2.05) is 0 Å². The lowest BCUT2D eigenvalue weighted by molar-refractivity contribution is -0.145. The molecule has 0 bridgehead atoms. The topological polar surface area (TPSA) is 115 Å². The molecule has 9 heteroatoms. The van der Waals surface area contributed by atoms with Crippen molar-refractivity contribution in [3.05, 3.63) is 58.2 Å². The molecule has 2 aromatic rings. The van der Waals surface area contributed by atoms with E-state index in [-0.39, 0.29) is 16.8 Å².